The van der Waals surface area contributed by atoms with E-state index in [1.807, 2.05) is 0 Å². The van der Waals surface area contributed by atoms with Gasteiger partial charge in [0.05, 0.1) is 6.04 Å². The Morgan fingerprint density at radius 2 is 1.74 bits per heavy atom. The minimum absolute atomic E-state index is 0.00318. The Morgan fingerprint density at radius 1 is 1.03 bits per heavy atom. The zero-order valence-corrected chi connectivity index (χ0v) is 23.4. The van der Waals surface area contributed by atoms with Crippen LogP contribution < -0.4 is 16.0 Å². The number of carbonyl (C=O) groups excluding carboxylic acids is 5. The van der Waals surface area contributed by atoms with Gasteiger partial charge in [0.25, 0.3) is 0 Å². The molecule has 2 saturated heterocycles. The van der Waals surface area contributed by atoms with E-state index in [4.69, 9.17) is 0 Å². The van der Waals surface area contributed by atoms with E-state index in [9.17, 15) is 24.0 Å². The molecular weight excluding hydrogens is 496 g/mol. The molecule has 3 N–H and O–H groups in total. The van der Waals surface area contributed by atoms with E-state index in [0.29, 0.717) is 19.5 Å². The number of nitrogens with one attached hydrogen (secondary N) is 3. The summed E-state index contributed by atoms with van der Waals surface area (Å²) in [6.07, 6.45) is 9.63. The molecule has 3 aliphatic carbocycles. The second kappa shape index (κ2) is 11.0. The summed E-state index contributed by atoms with van der Waals surface area (Å²) < 4.78 is 0. The van der Waals surface area contributed by atoms with Crippen LogP contribution in [-0.4, -0.2) is 65.5 Å². The summed E-state index contributed by atoms with van der Waals surface area (Å²) in [5.41, 5.74) is -0.0857. The molecule has 0 aromatic rings. The van der Waals surface area contributed by atoms with E-state index in [1.54, 1.807) is 4.90 Å². The maximum absolute atomic E-state index is 14.1. The van der Waals surface area contributed by atoms with Crippen molar-refractivity contribution >= 4 is 29.4 Å². The van der Waals surface area contributed by atoms with Gasteiger partial charge in [0.1, 0.15) is 12.1 Å². The van der Waals surface area contributed by atoms with Crippen molar-refractivity contribution < 1.29 is 24.0 Å². The first-order valence-electron chi connectivity index (χ1n) is 15.0. The third-order valence-corrected chi connectivity index (χ3v) is 10.2. The van der Waals surface area contributed by atoms with Crippen LogP contribution in [0.1, 0.15) is 78.1 Å². The summed E-state index contributed by atoms with van der Waals surface area (Å²) in [6, 6.07) is -2.20. The summed E-state index contributed by atoms with van der Waals surface area (Å²) in [7, 11) is 0. The van der Waals surface area contributed by atoms with E-state index >= 15 is 0 Å². The number of nitrogens with zero attached hydrogens (tertiary/aromatic N) is 1. The topological polar surface area (TPSA) is 125 Å². The number of piperidine rings is 2. The lowest BCUT2D eigenvalue weighted by Crippen LogP contribution is -2.59. The number of hydrogen-bond acceptors (Lipinski definition) is 5. The van der Waals surface area contributed by atoms with Crippen LogP contribution in [0, 0.1) is 35.0 Å². The van der Waals surface area contributed by atoms with Gasteiger partial charge < -0.3 is 20.9 Å². The molecular formula is C30H44N4O5. The maximum Gasteiger partial charge on any atom is 0.246 e. The van der Waals surface area contributed by atoms with Crippen molar-refractivity contribution in [2.24, 2.45) is 35.0 Å². The van der Waals surface area contributed by atoms with Crippen LogP contribution in [0.25, 0.3) is 0 Å². The Balaban J connectivity index is 1.35. The molecule has 9 heteroatoms. The Morgan fingerprint density at radius 3 is 2.38 bits per heavy atom. The maximum atomic E-state index is 14.1. The van der Waals surface area contributed by atoms with E-state index < -0.39 is 18.1 Å². The molecule has 3 saturated carbocycles. The highest BCUT2D eigenvalue weighted by atomic mass is 16.2. The van der Waals surface area contributed by atoms with Gasteiger partial charge in [-0.05, 0) is 74.2 Å². The van der Waals surface area contributed by atoms with Gasteiger partial charge >= 0.3 is 0 Å². The van der Waals surface area contributed by atoms with E-state index in [0.717, 1.165) is 51.4 Å². The van der Waals surface area contributed by atoms with Gasteiger partial charge in [-0.25, -0.2) is 0 Å². The highest BCUT2D eigenvalue weighted by molar-refractivity contribution is 5.99. The van der Waals surface area contributed by atoms with Gasteiger partial charge in [-0.1, -0.05) is 39.7 Å². The minimum Gasteiger partial charge on any atom is -0.356 e. The molecule has 4 amide bonds. The van der Waals surface area contributed by atoms with Gasteiger partial charge in [-0.3, -0.25) is 24.0 Å². The largest absolute Gasteiger partial charge is 0.356 e. The molecule has 0 aromatic heterocycles. The molecule has 0 spiro atoms. The lowest BCUT2D eigenvalue weighted by molar-refractivity contribution is -0.145. The van der Waals surface area contributed by atoms with E-state index in [1.165, 1.54) is 6.08 Å². The third-order valence-electron chi connectivity index (χ3n) is 10.2. The average molecular weight is 541 g/mol. The second-order valence-electron chi connectivity index (χ2n) is 13.1. The predicted molar refractivity (Wildman–Crippen MR) is 145 cm³/mol. The van der Waals surface area contributed by atoms with E-state index in [-0.39, 0.29) is 70.8 Å². The van der Waals surface area contributed by atoms with Crippen LogP contribution in [0.15, 0.2) is 12.7 Å². The summed E-state index contributed by atoms with van der Waals surface area (Å²) in [4.78, 5) is 67.7. The number of likely N-dealkylation sites (tertiary alicyclic amines) is 1. The summed E-state index contributed by atoms with van der Waals surface area (Å²) in [5.74, 6) is -1.10. The van der Waals surface area contributed by atoms with Gasteiger partial charge in [-0.15, -0.1) is 0 Å². The molecule has 5 aliphatic rings. The Hall–Kier alpha value is -2.71. The fourth-order valence-electron chi connectivity index (χ4n) is 7.45. The molecule has 9 nitrogen and oxygen atoms in total. The Labute approximate surface area is 231 Å². The van der Waals surface area contributed by atoms with Crippen LogP contribution in [0.4, 0.5) is 0 Å². The smallest absolute Gasteiger partial charge is 0.246 e. The summed E-state index contributed by atoms with van der Waals surface area (Å²) in [5, 5.41) is 8.86. The molecule has 2 aliphatic heterocycles. The van der Waals surface area contributed by atoms with Crippen LogP contribution in [0.2, 0.25) is 0 Å². The average Bonchev–Trinajstić information content (AvgIpc) is 3.81. The van der Waals surface area contributed by atoms with Gasteiger partial charge in [-0.2, -0.15) is 0 Å². The molecule has 214 valence electrons. The SMILES string of the molecule is C=CC(=O)[C@H](C[C@@H]1CCCNC1=O)NC(=O)[C@@H]1[C@@H]2[C@H](CN1C(=O)[C@@H](NC(=O)C1CC1)C1CCCCC1)C2(C)C. The minimum atomic E-state index is -0.870. The van der Waals surface area contributed by atoms with Crippen molar-refractivity contribution in [2.45, 2.75) is 96.2 Å². The van der Waals surface area contributed by atoms with Crippen molar-refractivity contribution in [3.05, 3.63) is 12.7 Å². The first-order chi connectivity index (χ1) is 18.6. The second-order valence-corrected chi connectivity index (χ2v) is 13.1. The van der Waals surface area contributed by atoms with Crippen molar-refractivity contribution in [1.82, 2.24) is 20.9 Å². The van der Waals surface area contributed by atoms with Crippen LogP contribution >= 0.6 is 0 Å². The zero-order valence-electron chi connectivity index (χ0n) is 23.4. The molecule has 0 unspecified atom stereocenters. The third kappa shape index (κ3) is 5.64. The Kier molecular flexibility index (Phi) is 7.89. The van der Waals surface area contributed by atoms with Crippen molar-refractivity contribution in [3.63, 3.8) is 0 Å². The molecule has 5 fully saturated rings. The molecule has 0 radical (unpaired) electrons. The predicted octanol–water partition coefficient (Wildman–Crippen LogP) is 2.10. The molecule has 39 heavy (non-hydrogen) atoms. The quantitative estimate of drug-likeness (QED) is 0.366. The number of ketones is 1. The molecule has 2 heterocycles. The highest BCUT2D eigenvalue weighted by Crippen LogP contribution is 2.65. The monoisotopic (exact) mass is 540 g/mol. The standard InChI is InChI=1S/C30H44N4O5/c1-4-22(35)21(15-19-11-8-14-31-26(19)36)32-28(38)25-23-20(30(23,2)3)16-34(25)29(39)24(17-9-6-5-7-10-17)33-27(37)18-12-13-18/h4,17-21,23-25H,1,5-16H2,2-3H3,(H,31,36)(H,32,38)(H,33,37)/t19-,20-,21-,23-,24-,25-/m0/s1. The van der Waals surface area contributed by atoms with Gasteiger partial charge in [0.2, 0.25) is 23.6 Å². The zero-order chi connectivity index (χ0) is 27.9. The number of carbonyl (C=O) groups is 5. The van der Waals surface area contributed by atoms with Crippen molar-refractivity contribution in [3.8, 4) is 0 Å². The lowest BCUT2D eigenvalue weighted by atomic mass is 9.83. The number of rotatable bonds is 10. The molecule has 5 rings (SSSR count). The number of amides is 4. The van der Waals surface area contributed by atoms with E-state index in [2.05, 4.69) is 36.4 Å². The fourth-order valence-corrected chi connectivity index (χ4v) is 7.45. The summed E-state index contributed by atoms with van der Waals surface area (Å²) >= 11 is 0. The van der Waals surface area contributed by atoms with Gasteiger partial charge in [0, 0.05) is 24.9 Å². The lowest BCUT2D eigenvalue weighted by Gasteiger charge is -2.37. The molecule has 6 atom stereocenters. The van der Waals surface area contributed by atoms with Crippen molar-refractivity contribution in [1.29, 1.82) is 0 Å². The number of hydrogen-bond donors (Lipinski definition) is 3. The first kappa shape index (κ1) is 27.8. The first-order valence-corrected chi connectivity index (χ1v) is 15.0. The van der Waals surface area contributed by atoms with Crippen LogP contribution in [0.3, 0.4) is 0 Å². The van der Waals surface area contributed by atoms with Gasteiger partial charge in [0.15, 0.2) is 5.78 Å². The highest BCUT2D eigenvalue weighted by Gasteiger charge is 2.69. The van der Waals surface area contributed by atoms with Crippen molar-refractivity contribution in [2.75, 3.05) is 13.1 Å². The fraction of sp³-hybridized carbons (Fsp3) is 0.767. The Bertz CT molecular complexity index is 1030. The molecule has 0 bridgehead atoms. The van der Waals surface area contributed by atoms with Crippen LogP contribution in [-0.2, 0) is 24.0 Å². The van der Waals surface area contributed by atoms with Crippen LogP contribution in [0.5, 0.6) is 0 Å². The molecule has 0 aromatic carbocycles. The number of fused-ring (bicyclic) bond motifs is 1. The normalized spacial score (nSPS) is 31.3. The summed E-state index contributed by atoms with van der Waals surface area (Å²) in [6.45, 7) is 8.94.